The number of nitrogens with zero attached hydrogens (tertiary/aromatic N) is 3. The van der Waals surface area contributed by atoms with Crippen LogP contribution < -0.4 is 18.9 Å². The van der Waals surface area contributed by atoms with Crippen LogP contribution in [0.4, 0.5) is 5.69 Å². The molecule has 0 spiro atoms. The normalized spacial score (nSPS) is 10.4. The number of nitro benzene ring substituents is 1. The number of aromatic nitrogens is 3. The lowest BCUT2D eigenvalue weighted by atomic mass is 10.1. The summed E-state index contributed by atoms with van der Waals surface area (Å²) in [5.41, 5.74) is 0.895. The SMILES string of the molecule is COc1ccc(-c2n[nH]c(-c3ccc(OC)c(OC)c3OC)n2)cc1[N+](=O)[O-]. The summed E-state index contributed by atoms with van der Waals surface area (Å²) in [6, 6.07) is 7.97. The zero-order chi connectivity index (χ0) is 20.3. The Labute approximate surface area is 160 Å². The second-order valence-electron chi connectivity index (χ2n) is 5.53. The second-order valence-corrected chi connectivity index (χ2v) is 5.53. The molecule has 0 saturated carbocycles. The van der Waals surface area contributed by atoms with E-state index in [4.69, 9.17) is 18.9 Å². The van der Waals surface area contributed by atoms with Crippen LogP contribution >= 0.6 is 0 Å². The van der Waals surface area contributed by atoms with Crippen molar-refractivity contribution >= 4 is 5.69 Å². The average molecular weight is 386 g/mol. The molecule has 146 valence electrons. The van der Waals surface area contributed by atoms with Gasteiger partial charge in [-0.05, 0) is 24.3 Å². The van der Waals surface area contributed by atoms with Crippen molar-refractivity contribution in [1.82, 2.24) is 15.2 Å². The van der Waals surface area contributed by atoms with Crippen molar-refractivity contribution in [3.8, 4) is 45.8 Å². The fourth-order valence-corrected chi connectivity index (χ4v) is 2.77. The molecule has 0 bridgehead atoms. The number of hydrogen-bond donors (Lipinski definition) is 1. The van der Waals surface area contributed by atoms with Crippen molar-refractivity contribution in [2.45, 2.75) is 0 Å². The fourth-order valence-electron chi connectivity index (χ4n) is 2.77. The topological polar surface area (TPSA) is 122 Å². The highest BCUT2D eigenvalue weighted by atomic mass is 16.6. The van der Waals surface area contributed by atoms with Crippen LogP contribution in [-0.2, 0) is 0 Å². The van der Waals surface area contributed by atoms with Crippen LogP contribution in [0.15, 0.2) is 30.3 Å². The van der Waals surface area contributed by atoms with Crippen LogP contribution in [-0.4, -0.2) is 48.5 Å². The number of methoxy groups -OCH3 is 4. The molecule has 2 aromatic carbocycles. The molecule has 3 rings (SSSR count). The smallest absolute Gasteiger partial charge is 0.311 e. The molecular weight excluding hydrogens is 368 g/mol. The number of rotatable bonds is 7. The first-order valence-electron chi connectivity index (χ1n) is 8.08. The Morgan fingerprint density at radius 3 is 2.21 bits per heavy atom. The Balaban J connectivity index is 2.06. The van der Waals surface area contributed by atoms with E-state index in [1.165, 1.54) is 40.6 Å². The van der Waals surface area contributed by atoms with E-state index in [2.05, 4.69) is 15.2 Å². The maximum atomic E-state index is 11.2. The molecule has 0 fully saturated rings. The third kappa shape index (κ3) is 3.27. The van der Waals surface area contributed by atoms with Crippen molar-refractivity contribution in [3.63, 3.8) is 0 Å². The predicted molar refractivity (Wildman–Crippen MR) is 100 cm³/mol. The molecule has 28 heavy (non-hydrogen) atoms. The molecule has 1 heterocycles. The van der Waals surface area contributed by atoms with Crippen LogP contribution in [0.25, 0.3) is 22.8 Å². The summed E-state index contributed by atoms with van der Waals surface area (Å²) in [5.74, 6) is 2.20. The first-order valence-corrected chi connectivity index (χ1v) is 8.08. The monoisotopic (exact) mass is 386 g/mol. The van der Waals surface area contributed by atoms with Gasteiger partial charge >= 0.3 is 5.69 Å². The number of nitrogens with one attached hydrogen (secondary N) is 1. The zero-order valence-corrected chi connectivity index (χ0v) is 15.7. The Hall–Kier alpha value is -3.82. The third-order valence-electron chi connectivity index (χ3n) is 4.08. The van der Waals surface area contributed by atoms with Gasteiger partial charge in [0.25, 0.3) is 0 Å². The molecular formula is C18H18N4O6. The van der Waals surface area contributed by atoms with E-state index >= 15 is 0 Å². The summed E-state index contributed by atoms with van der Waals surface area (Å²) in [6.07, 6.45) is 0. The number of ether oxygens (including phenoxy) is 4. The number of H-pyrrole nitrogens is 1. The molecule has 0 radical (unpaired) electrons. The van der Waals surface area contributed by atoms with Crippen LogP contribution in [0.3, 0.4) is 0 Å². The summed E-state index contributed by atoms with van der Waals surface area (Å²) < 4.78 is 21.1. The molecule has 10 nitrogen and oxygen atoms in total. The maximum absolute atomic E-state index is 11.2. The third-order valence-corrected chi connectivity index (χ3v) is 4.08. The van der Waals surface area contributed by atoms with Gasteiger partial charge in [-0.25, -0.2) is 4.98 Å². The number of nitro groups is 1. The van der Waals surface area contributed by atoms with E-state index in [-0.39, 0.29) is 17.3 Å². The maximum Gasteiger partial charge on any atom is 0.311 e. The first-order chi connectivity index (χ1) is 13.5. The number of benzene rings is 2. The van der Waals surface area contributed by atoms with Gasteiger partial charge in [-0.1, -0.05) is 0 Å². The Morgan fingerprint density at radius 2 is 1.61 bits per heavy atom. The molecule has 0 aliphatic heterocycles. The molecule has 0 aliphatic rings. The van der Waals surface area contributed by atoms with Crippen molar-refractivity contribution in [1.29, 1.82) is 0 Å². The van der Waals surface area contributed by atoms with Gasteiger partial charge in [0.1, 0.15) is 0 Å². The summed E-state index contributed by atoms with van der Waals surface area (Å²) in [4.78, 5) is 15.2. The Morgan fingerprint density at radius 1 is 0.929 bits per heavy atom. The van der Waals surface area contributed by atoms with Gasteiger partial charge in [0.05, 0.1) is 38.9 Å². The molecule has 0 saturated heterocycles. The highest BCUT2D eigenvalue weighted by molar-refractivity contribution is 5.73. The molecule has 1 N–H and O–H groups in total. The van der Waals surface area contributed by atoms with Gasteiger partial charge < -0.3 is 18.9 Å². The van der Waals surface area contributed by atoms with Crippen molar-refractivity contribution < 1.29 is 23.9 Å². The molecule has 10 heteroatoms. The molecule has 0 amide bonds. The van der Waals surface area contributed by atoms with Crippen LogP contribution in [0.2, 0.25) is 0 Å². The summed E-state index contributed by atoms with van der Waals surface area (Å²) >= 11 is 0. The van der Waals surface area contributed by atoms with Crippen LogP contribution in [0, 0.1) is 10.1 Å². The Kier molecular flexibility index (Phi) is 5.30. The van der Waals surface area contributed by atoms with E-state index in [0.717, 1.165) is 0 Å². The first kappa shape index (κ1) is 19.0. The molecule has 0 atom stereocenters. The lowest BCUT2D eigenvalue weighted by molar-refractivity contribution is -0.385. The molecule has 1 aromatic heterocycles. The molecule has 0 unspecified atom stereocenters. The van der Waals surface area contributed by atoms with Crippen LogP contribution in [0.5, 0.6) is 23.0 Å². The van der Waals surface area contributed by atoms with E-state index in [0.29, 0.717) is 34.2 Å². The zero-order valence-electron chi connectivity index (χ0n) is 15.7. The predicted octanol–water partition coefficient (Wildman–Crippen LogP) is 3.08. The quantitative estimate of drug-likeness (QED) is 0.486. The second kappa shape index (κ2) is 7.82. The van der Waals surface area contributed by atoms with Gasteiger partial charge in [-0.15, -0.1) is 0 Å². The fraction of sp³-hybridized carbons (Fsp3) is 0.222. The van der Waals surface area contributed by atoms with Gasteiger partial charge in [0.2, 0.25) is 5.75 Å². The Bertz CT molecular complexity index is 1020. The summed E-state index contributed by atoms with van der Waals surface area (Å²) in [5, 5.41) is 18.2. The summed E-state index contributed by atoms with van der Waals surface area (Å²) in [6.45, 7) is 0. The van der Waals surface area contributed by atoms with E-state index in [9.17, 15) is 10.1 Å². The highest BCUT2D eigenvalue weighted by Gasteiger charge is 2.21. The minimum atomic E-state index is -0.521. The van der Waals surface area contributed by atoms with Gasteiger partial charge in [-0.3, -0.25) is 15.2 Å². The van der Waals surface area contributed by atoms with Crippen molar-refractivity contribution in [2.75, 3.05) is 28.4 Å². The lowest BCUT2D eigenvalue weighted by Gasteiger charge is -2.14. The van der Waals surface area contributed by atoms with Gasteiger partial charge in [0.15, 0.2) is 28.9 Å². The van der Waals surface area contributed by atoms with E-state index in [1.807, 2.05) is 0 Å². The lowest BCUT2D eigenvalue weighted by Crippen LogP contribution is -1.97. The van der Waals surface area contributed by atoms with E-state index < -0.39 is 4.92 Å². The summed E-state index contributed by atoms with van der Waals surface area (Å²) in [7, 11) is 5.91. The van der Waals surface area contributed by atoms with Gasteiger partial charge in [0, 0.05) is 11.6 Å². The molecule has 3 aromatic rings. The minimum Gasteiger partial charge on any atom is -0.493 e. The molecule has 0 aliphatic carbocycles. The standard InChI is InChI=1S/C18H18N4O6/c1-25-13-7-5-10(9-12(13)22(23)24)17-19-18(21-20-17)11-6-8-14(26-2)16(28-4)15(11)27-3/h5-9H,1-4H3,(H,19,20,21). The van der Waals surface area contributed by atoms with Gasteiger partial charge in [-0.2, -0.15) is 5.10 Å². The average Bonchev–Trinajstić information content (AvgIpc) is 3.21. The highest BCUT2D eigenvalue weighted by Crippen LogP contribution is 2.43. The van der Waals surface area contributed by atoms with Crippen molar-refractivity contribution in [2.24, 2.45) is 0 Å². The largest absolute Gasteiger partial charge is 0.493 e. The van der Waals surface area contributed by atoms with Crippen molar-refractivity contribution in [3.05, 3.63) is 40.4 Å². The van der Waals surface area contributed by atoms with Crippen LogP contribution in [0.1, 0.15) is 0 Å². The van der Waals surface area contributed by atoms with E-state index in [1.54, 1.807) is 18.2 Å². The number of aromatic amines is 1. The number of hydrogen-bond acceptors (Lipinski definition) is 8. The minimum absolute atomic E-state index is 0.158.